The highest BCUT2D eigenvalue weighted by Crippen LogP contribution is 2.51. The molecule has 13 aromatic carbocycles. The van der Waals surface area contributed by atoms with Crippen LogP contribution in [0.3, 0.4) is 0 Å². The topological polar surface area (TPSA) is 0 Å². The Bertz CT molecular complexity index is 4320. The highest BCUT2D eigenvalue weighted by Gasteiger charge is 2.25. The summed E-state index contributed by atoms with van der Waals surface area (Å²) >= 11 is 0. The van der Waals surface area contributed by atoms with E-state index in [1.54, 1.807) is 0 Å². The van der Waals surface area contributed by atoms with Crippen LogP contribution in [-0.4, -0.2) is 16.1 Å². The fourth-order valence-electron chi connectivity index (χ4n) is 11.6. The van der Waals surface area contributed by atoms with Gasteiger partial charge in [-0.05, 0) is 167 Å². The van der Waals surface area contributed by atoms with E-state index in [9.17, 15) is 0 Å². The number of fused-ring (bicyclic) bond motifs is 8. The van der Waals surface area contributed by atoms with Gasteiger partial charge in [0.2, 0.25) is 0 Å². The largest absolute Gasteiger partial charge is 0.0776 e. The summed E-state index contributed by atoms with van der Waals surface area (Å²) < 4.78 is 0. The second kappa shape index (κ2) is 16.9. The van der Waals surface area contributed by atoms with E-state index in [0.29, 0.717) is 0 Å². The third-order valence-corrected chi connectivity index (χ3v) is 19.5. The minimum absolute atomic E-state index is 1.21. The van der Waals surface area contributed by atoms with Gasteiger partial charge in [0, 0.05) is 0 Å². The van der Waals surface area contributed by atoms with Gasteiger partial charge in [-0.1, -0.05) is 244 Å². The van der Waals surface area contributed by atoms with Gasteiger partial charge >= 0.3 is 0 Å². The molecule has 0 heterocycles. The molecule has 0 bridgehead atoms. The van der Waals surface area contributed by atoms with Crippen LogP contribution in [0.5, 0.6) is 0 Å². The third-order valence-electron chi connectivity index (χ3n) is 15.5. The maximum atomic E-state index is 2.58. The van der Waals surface area contributed by atoms with Crippen molar-refractivity contribution in [1.29, 1.82) is 0 Å². The Morgan fingerprint density at radius 3 is 1.17 bits per heavy atom. The van der Waals surface area contributed by atoms with Crippen LogP contribution in [0.1, 0.15) is 0 Å². The summed E-state index contributed by atoms with van der Waals surface area (Å²) in [6, 6.07) is 88.2. The lowest BCUT2D eigenvalue weighted by atomic mass is 9.80. The third kappa shape index (κ3) is 7.48. The summed E-state index contributed by atoms with van der Waals surface area (Å²) in [5.41, 5.74) is 12.4. The highest BCUT2D eigenvalue weighted by molar-refractivity contribution is 6.89. The molecule has 0 aliphatic heterocycles. The molecule has 13 aromatic rings. The van der Waals surface area contributed by atoms with Gasteiger partial charge in [-0.3, -0.25) is 0 Å². The zero-order valence-corrected chi connectivity index (χ0v) is 43.9. The molecule has 0 aliphatic carbocycles. The van der Waals surface area contributed by atoms with Crippen molar-refractivity contribution >= 4 is 102 Å². The molecule has 13 rings (SSSR count). The first-order chi connectivity index (χ1) is 34.9. The minimum Gasteiger partial charge on any atom is -0.0656 e. The summed E-state index contributed by atoms with van der Waals surface area (Å²) in [5, 5.41) is 20.6. The van der Waals surface area contributed by atoms with Crippen LogP contribution >= 0.6 is 0 Å². The first-order valence-corrected chi connectivity index (χ1v) is 32.6. The zero-order chi connectivity index (χ0) is 48.9. The predicted octanol–water partition coefficient (Wildman–Crippen LogP) is 19.2. The molecule has 0 spiro atoms. The predicted molar refractivity (Wildman–Crippen MR) is 322 cm³/mol. The molecular formula is C70H56Si2. The number of hydrogen-bond donors (Lipinski definition) is 0. The standard InChI is InChI=1S/C70H56Si2/c1-71(2,3)57-34-31-49-38-54(29-26-51(49)40-57)67-61-36-33-53(45-17-9-7-10-18-45)42-63(61)68(55-30-27-52-41-58(72(4,5)6)35-32-50(52)39-55)66-44-64-62(43-65(66)67)59-23-15-16-24-60(59)70(69(64)47-20-11-8-12-21-47)56-28-25-46-19-13-14-22-48(46)37-56/h7-44H,1-6H3. The minimum atomic E-state index is -1.53. The Morgan fingerprint density at radius 1 is 0.194 bits per heavy atom. The summed E-state index contributed by atoms with van der Waals surface area (Å²) in [6.07, 6.45) is 0. The lowest BCUT2D eigenvalue weighted by molar-refractivity contribution is 1.63. The number of rotatable bonds is 7. The number of benzene rings is 13. The van der Waals surface area contributed by atoms with Gasteiger partial charge < -0.3 is 0 Å². The van der Waals surface area contributed by atoms with Crippen LogP contribution < -0.4 is 10.4 Å². The molecule has 0 aromatic heterocycles. The van der Waals surface area contributed by atoms with Crippen molar-refractivity contribution in [2.45, 2.75) is 39.3 Å². The van der Waals surface area contributed by atoms with E-state index in [1.165, 1.54) is 141 Å². The maximum Gasteiger partial charge on any atom is 0.0776 e. The fraction of sp³-hybridized carbons (Fsp3) is 0.0857. The molecular weight excluding hydrogens is 897 g/mol. The zero-order valence-electron chi connectivity index (χ0n) is 41.9. The van der Waals surface area contributed by atoms with E-state index < -0.39 is 16.1 Å². The number of hydrogen-bond acceptors (Lipinski definition) is 0. The molecule has 72 heavy (non-hydrogen) atoms. The molecule has 344 valence electrons. The van der Waals surface area contributed by atoms with Gasteiger partial charge in [-0.15, -0.1) is 0 Å². The molecule has 0 aliphatic rings. The molecule has 0 saturated carbocycles. The molecule has 0 atom stereocenters. The summed E-state index contributed by atoms with van der Waals surface area (Å²) in [4.78, 5) is 0. The lowest BCUT2D eigenvalue weighted by Gasteiger charge is -2.23. The molecule has 0 amide bonds. The van der Waals surface area contributed by atoms with Gasteiger partial charge in [-0.25, -0.2) is 0 Å². The van der Waals surface area contributed by atoms with Crippen LogP contribution in [-0.2, 0) is 0 Å². The van der Waals surface area contributed by atoms with Crippen LogP contribution in [0, 0.1) is 0 Å². The van der Waals surface area contributed by atoms with Crippen molar-refractivity contribution in [2.75, 3.05) is 0 Å². The van der Waals surface area contributed by atoms with Gasteiger partial charge in [-0.2, -0.15) is 0 Å². The summed E-state index contributed by atoms with van der Waals surface area (Å²) in [7, 11) is -3.04. The molecule has 0 unspecified atom stereocenters. The molecule has 0 N–H and O–H groups in total. The molecule has 0 saturated heterocycles. The second-order valence-corrected chi connectivity index (χ2v) is 32.3. The van der Waals surface area contributed by atoms with Crippen molar-refractivity contribution in [3.05, 3.63) is 231 Å². The van der Waals surface area contributed by atoms with E-state index >= 15 is 0 Å². The van der Waals surface area contributed by atoms with E-state index in [0.717, 1.165) is 0 Å². The second-order valence-electron chi connectivity index (χ2n) is 22.1. The Labute approximate surface area is 424 Å². The molecule has 2 heteroatoms. The molecule has 0 fully saturated rings. The summed E-state index contributed by atoms with van der Waals surface area (Å²) in [5.74, 6) is 0. The Balaban J connectivity index is 1.22. The Morgan fingerprint density at radius 2 is 0.569 bits per heavy atom. The smallest absolute Gasteiger partial charge is 0.0656 e. The van der Waals surface area contributed by atoms with Crippen molar-refractivity contribution in [3.8, 4) is 55.6 Å². The molecule has 0 nitrogen and oxygen atoms in total. The van der Waals surface area contributed by atoms with E-state index in [2.05, 4.69) is 270 Å². The van der Waals surface area contributed by atoms with Crippen LogP contribution in [0.4, 0.5) is 0 Å². The quantitative estimate of drug-likeness (QED) is 0.0848. The van der Waals surface area contributed by atoms with Crippen LogP contribution in [0.15, 0.2) is 231 Å². The van der Waals surface area contributed by atoms with Gasteiger partial charge in [0.05, 0.1) is 16.1 Å². The maximum absolute atomic E-state index is 2.58. The van der Waals surface area contributed by atoms with E-state index in [4.69, 9.17) is 0 Å². The normalized spacial score (nSPS) is 12.3. The lowest BCUT2D eigenvalue weighted by Crippen LogP contribution is -2.37. The first-order valence-electron chi connectivity index (χ1n) is 25.6. The van der Waals surface area contributed by atoms with Gasteiger partial charge in [0.25, 0.3) is 0 Å². The van der Waals surface area contributed by atoms with Crippen molar-refractivity contribution in [2.24, 2.45) is 0 Å². The van der Waals surface area contributed by atoms with Crippen molar-refractivity contribution < 1.29 is 0 Å². The Kier molecular flexibility index (Phi) is 10.3. The Hall–Kier alpha value is -7.89. The van der Waals surface area contributed by atoms with Crippen molar-refractivity contribution in [1.82, 2.24) is 0 Å². The average molecular weight is 953 g/mol. The van der Waals surface area contributed by atoms with Crippen LogP contribution in [0.2, 0.25) is 39.3 Å². The van der Waals surface area contributed by atoms with E-state index in [-0.39, 0.29) is 0 Å². The average Bonchev–Trinajstić information content (AvgIpc) is 3.40. The van der Waals surface area contributed by atoms with Crippen LogP contribution in [0.25, 0.3) is 131 Å². The first kappa shape index (κ1) is 44.1. The fourth-order valence-corrected chi connectivity index (χ4v) is 14.0. The SMILES string of the molecule is C[Si](C)(C)c1ccc2cc(-c3c4cc(-c5ccccc5)ccc4c(-c4ccc5cc([Si](C)(C)C)ccc5c4)c4cc5c(cc34)c(-c3ccccc3)c(-c3ccc4ccccc4c3)c3ccccc35)ccc2c1. The van der Waals surface area contributed by atoms with Gasteiger partial charge in [0.15, 0.2) is 0 Å². The summed E-state index contributed by atoms with van der Waals surface area (Å²) in [6.45, 7) is 14.6. The highest BCUT2D eigenvalue weighted by atomic mass is 28.3. The van der Waals surface area contributed by atoms with Crippen molar-refractivity contribution in [3.63, 3.8) is 0 Å². The molecule has 0 radical (unpaired) electrons. The monoisotopic (exact) mass is 952 g/mol. The van der Waals surface area contributed by atoms with E-state index in [1.807, 2.05) is 0 Å². The van der Waals surface area contributed by atoms with Gasteiger partial charge in [0.1, 0.15) is 0 Å².